The number of benzene rings is 5. The Balaban J connectivity index is 0.000000171. The molecule has 2 aromatic heterocycles. The summed E-state index contributed by atoms with van der Waals surface area (Å²) >= 11 is 0. The second kappa shape index (κ2) is 13.6. The van der Waals surface area contributed by atoms with Crippen LogP contribution in [0.1, 0.15) is 25.0 Å². The average molecular weight is 769 g/mol. The molecule has 0 saturated carbocycles. The summed E-state index contributed by atoms with van der Waals surface area (Å²) in [4.78, 5) is 9.06. The summed E-state index contributed by atoms with van der Waals surface area (Å²) in [6.07, 6.45) is 3.71. The topological polar surface area (TPSA) is 25.8 Å². The van der Waals surface area contributed by atoms with Crippen LogP contribution in [0.3, 0.4) is 0 Å². The Morgan fingerprint density at radius 2 is 1.13 bits per heavy atom. The molecule has 0 N–H and O–H groups in total. The van der Waals surface area contributed by atoms with Gasteiger partial charge in [0.25, 0.3) is 0 Å². The maximum absolute atomic E-state index is 4.71. The van der Waals surface area contributed by atoms with E-state index in [0.29, 0.717) is 0 Å². The molecule has 8 rings (SSSR count). The van der Waals surface area contributed by atoms with Gasteiger partial charge in [0, 0.05) is 32.5 Å². The first kappa shape index (κ1) is 31.0. The van der Waals surface area contributed by atoms with Crippen molar-refractivity contribution in [3.8, 4) is 55.9 Å². The SMILES string of the molecule is CC1(C)c2ccccc2-c2cc[c-]c(-c3cc(-c4ccccc4)ccn3)c21.[Ir].[c-]1ccc(-c2ccccc2)cc1-c1ccccn1. The second-order valence-corrected chi connectivity index (χ2v) is 11.7. The van der Waals surface area contributed by atoms with Crippen molar-refractivity contribution < 1.29 is 20.1 Å². The van der Waals surface area contributed by atoms with Gasteiger partial charge in [-0.15, -0.1) is 64.7 Å². The van der Waals surface area contributed by atoms with E-state index >= 15 is 0 Å². The molecule has 0 bridgehead atoms. The number of pyridine rings is 2. The van der Waals surface area contributed by atoms with Crippen molar-refractivity contribution in [2.24, 2.45) is 0 Å². The third-order valence-corrected chi connectivity index (χ3v) is 8.49. The summed E-state index contributed by atoms with van der Waals surface area (Å²) in [5, 5.41) is 0. The van der Waals surface area contributed by atoms with Gasteiger partial charge in [-0.2, -0.15) is 0 Å². The summed E-state index contributed by atoms with van der Waals surface area (Å²) in [7, 11) is 0. The minimum absolute atomic E-state index is 0. The summed E-state index contributed by atoms with van der Waals surface area (Å²) in [6.45, 7) is 4.60. The van der Waals surface area contributed by atoms with Crippen molar-refractivity contribution in [1.82, 2.24) is 9.97 Å². The Bertz CT molecular complexity index is 2020. The number of nitrogens with zero attached hydrogens (tertiary/aromatic N) is 2. The van der Waals surface area contributed by atoms with Gasteiger partial charge in [-0.3, -0.25) is 0 Å². The van der Waals surface area contributed by atoms with Crippen molar-refractivity contribution in [1.29, 1.82) is 0 Å². The van der Waals surface area contributed by atoms with Crippen molar-refractivity contribution in [2.45, 2.75) is 19.3 Å². The third-order valence-electron chi connectivity index (χ3n) is 8.49. The molecular weight excluding hydrogens is 737 g/mol. The van der Waals surface area contributed by atoms with Crippen molar-refractivity contribution in [3.05, 3.63) is 181 Å². The van der Waals surface area contributed by atoms with E-state index in [2.05, 4.69) is 122 Å². The zero-order valence-electron chi connectivity index (χ0n) is 25.7. The van der Waals surface area contributed by atoms with E-state index in [0.717, 1.165) is 22.5 Å². The first-order chi connectivity index (χ1) is 22.1. The molecule has 0 spiro atoms. The minimum Gasteiger partial charge on any atom is -0.305 e. The fraction of sp³-hybridized carbons (Fsp3) is 0.0698. The van der Waals surface area contributed by atoms with Gasteiger partial charge in [0.2, 0.25) is 0 Å². The molecule has 225 valence electrons. The molecule has 5 aromatic carbocycles. The predicted molar refractivity (Wildman–Crippen MR) is 185 cm³/mol. The van der Waals surface area contributed by atoms with Crippen LogP contribution in [0.15, 0.2) is 158 Å². The van der Waals surface area contributed by atoms with Crippen LogP contribution in [0.2, 0.25) is 0 Å². The minimum atomic E-state index is -0.0660. The molecule has 0 atom stereocenters. The fourth-order valence-electron chi connectivity index (χ4n) is 6.30. The average Bonchev–Trinajstić information content (AvgIpc) is 3.36. The van der Waals surface area contributed by atoms with Crippen molar-refractivity contribution in [2.75, 3.05) is 0 Å². The summed E-state index contributed by atoms with van der Waals surface area (Å²) in [5.74, 6) is 0. The Morgan fingerprint density at radius 3 is 1.85 bits per heavy atom. The molecule has 0 amide bonds. The van der Waals surface area contributed by atoms with Crippen LogP contribution in [-0.4, -0.2) is 9.97 Å². The van der Waals surface area contributed by atoms with Gasteiger partial charge in [-0.05, 0) is 56.8 Å². The van der Waals surface area contributed by atoms with E-state index in [4.69, 9.17) is 4.98 Å². The maximum atomic E-state index is 4.71. The Labute approximate surface area is 285 Å². The van der Waals surface area contributed by atoms with Crippen molar-refractivity contribution >= 4 is 0 Å². The molecule has 0 aliphatic heterocycles. The Morgan fingerprint density at radius 1 is 0.500 bits per heavy atom. The number of aromatic nitrogens is 2. The van der Waals surface area contributed by atoms with E-state index in [1.165, 1.54) is 44.5 Å². The summed E-state index contributed by atoms with van der Waals surface area (Å²) < 4.78 is 0. The van der Waals surface area contributed by atoms with E-state index in [-0.39, 0.29) is 25.5 Å². The van der Waals surface area contributed by atoms with Crippen LogP contribution in [0.25, 0.3) is 55.9 Å². The molecular formula is C43H32IrN2-2. The standard InChI is InChI=1S/C26H20N.C17H12N.Ir/c1-26(2)23-14-7-6-11-20(23)21-12-8-13-22(25(21)26)24-17-19(15-16-27-24)18-9-4-3-5-10-18;1-2-7-14(8-3-1)15-9-6-10-16(13-15)17-11-4-5-12-18-17;/h3-12,14-17H,1-2H3;1-9,11-13H;/q2*-1;. The molecule has 7 aromatic rings. The van der Waals surface area contributed by atoms with Crippen LogP contribution in [-0.2, 0) is 25.5 Å². The maximum Gasteiger partial charge on any atom is 0.0166 e. The first-order valence-corrected chi connectivity index (χ1v) is 15.2. The molecule has 1 radical (unpaired) electrons. The molecule has 3 heteroatoms. The van der Waals surface area contributed by atoms with E-state index in [9.17, 15) is 0 Å². The van der Waals surface area contributed by atoms with E-state index in [1.807, 2.05) is 60.8 Å². The zero-order chi connectivity index (χ0) is 30.6. The number of fused-ring (bicyclic) bond motifs is 3. The first-order valence-electron chi connectivity index (χ1n) is 15.2. The normalized spacial score (nSPS) is 12.1. The van der Waals surface area contributed by atoms with Gasteiger partial charge >= 0.3 is 0 Å². The van der Waals surface area contributed by atoms with Crippen LogP contribution in [0, 0.1) is 12.1 Å². The summed E-state index contributed by atoms with van der Waals surface area (Å²) in [5.41, 5.74) is 14.1. The van der Waals surface area contributed by atoms with Gasteiger partial charge in [0.15, 0.2) is 0 Å². The van der Waals surface area contributed by atoms with Crippen LogP contribution in [0.4, 0.5) is 0 Å². The molecule has 1 aliphatic carbocycles. The molecule has 0 unspecified atom stereocenters. The van der Waals surface area contributed by atoms with E-state index in [1.54, 1.807) is 6.20 Å². The largest absolute Gasteiger partial charge is 0.305 e. The van der Waals surface area contributed by atoms with Gasteiger partial charge < -0.3 is 9.97 Å². The Kier molecular flexibility index (Phi) is 9.17. The fourth-order valence-corrected chi connectivity index (χ4v) is 6.30. The monoisotopic (exact) mass is 769 g/mol. The molecule has 46 heavy (non-hydrogen) atoms. The Hall–Kier alpha value is -4.95. The number of rotatable bonds is 4. The molecule has 0 fully saturated rings. The smallest absolute Gasteiger partial charge is 0.0166 e. The third kappa shape index (κ3) is 6.13. The van der Waals surface area contributed by atoms with E-state index < -0.39 is 0 Å². The van der Waals surface area contributed by atoms with Crippen LogP contribution >= 0.6 is 0 Å². The van der Waals surface area contributed by atoms with Crippen LogP contribution < -0.4 is 0 Å². The molecule has 1 aliphatic rings. The van der Waals surface area contributed by atoms with Gasteiger partial charge in [0.1, 0.15) is 0 Å². The van der Waals surface area contributed by atoms with Gasteiger partial charge in [-0.1, -0.05) is 123 Å². The van der Waals surface area contributed by atoms with Crippen LogP contribution in [0.5, 0.6) is 0 Å². The predicted octanol–water partition coefficient (Wildman–Crippen LogP) is 10.7. The molecule has 2 heterocycles. The number of hydrogen-bond acceptors (Lipinski definition) is 2. The number of hydrogen-bond donors (Lipinski definition) is 0. The molecule has 0 saturated heterocycles. The zero-order valence-corrected chi connectivity index (χ0v) is 28.1. The second-order valence-electron chi connectivity index (χ2n) is 11.7. The molecule has 2 nitrogen and oxygen atoms in total. The van der Waals surface area contributed by atoms with Gasteiger partial charge in [-0.25, -0.2) is 0 Å². The quantitative estimate of drug-likeness (QED) is 0.167. The summed E-state index contributed by atoms with van der Waals surface area (Å²) in [6, 6.07) is 56.8. The van der Waals surface area contributed by atoms with Gasteiger partial charge in [0.05, 0.1) is 0 Å². The van der Waals surface area contributed by atoms with Crippen molar-refractivity contribution in [3.63, 3.8) is 0 Å².